The molecule has 1 atom stereocenters. The Morgan fingerprint density at radius 1 is 1.23 bits per heavy atom. The normalized spacial score (nSPS) is 11.6. The zero-order chi connectivity index (χ0) is 22.8. The number of methoxy groups -OCH3 is 1. The van der Waals surface area contributed by atoms with Crippen LogP contribution in [0.4, 0.5) is 4.39 Å². The van der Waals surface area contributed by atoms with Crippen LogP contribution in [-0.4, -0.2) is 37.8 Å². The molecule has 8 heteroatoms. The van der Waals surface area contributed by atoms with Crippen LogP contribution in [0.3, 0.4) is 0 Å². The molecule has 0 aliphatic carbocycles. The molecule has 2 aromatic rings. The number of hydrogen-bond donors (Lipinski definition) is 2. The number of hydrogen-bond acceptors (Lipinski definition) is 5. The predicted molar refractivity (Wildman–Crippen MR) is 116 cm³/mol. The van der Waals surface area contributed by atoms with Crippen LogP contribution in [-0.2, 0) is 4.79 Å². The average molecular weight is 425 g/mol. The van der Waals surface area contributed by atoms with Crippen molar-refractivity contribution in [2.24, 2.45) is 11.0 Å². The third-order valence-corrected chi connectivity index (χ3v) is 4.24. The molecular formula is C23H24FN3O4. The number of terminal acetylenes is 1. The van der Waals surface area contributed by atoms with E-state index in [2.05, 4.69) is 21.8 Å². The Morgan fingerprint density at radius 3 is 2.61 bits per heavy atom. The van der Waals surface area contributed by atoms with Gasteiger partial charge in [0.05, 0.1) is 18.9 Å². The fraction of sp³-hybridized carbons (Fsp3) is 0.261. The molecule has 0 heterocycles. The number of hydrazone groups is 1. The van der Waals surface area contributed by atoms with Crippen LogP contribution in [0.15, 0.2) is 47.6 Å². The van der Waals surface area contributed by atoms with Crippen LogP contribution in [0, 0.1) is 24.1 Å². The van der Waals surface area contributed by atoms with Crippen LogP contribution in [0.1, 0.15) is 29.8 Å². The molecule has 0 saturated carbocycles. The minimum Gasteiger partial charge on any atom is -0.493 e. The quantitative estimate of drug-likeness (QED) is 0.367. The van der Waals surface area contributed by atoms with Crippen molar-refractivity contribution in [3.63, 3.8) is 0 Å². The van der Waals surface area contributed by atoms with Gasteiger partial charge in [0.15, 0.2) is 11.5 Å². The Morgan fingerprint density at radius 2 is 1.97 bits per heavy atom. The van der Waals surface area contributed by atoms with Gasteiger partial charge in [-0.1, -0.05) is 31.9 Å². The van der Waals surface area contributed by atoms with E-state index in [1.54, 1.807) is 38.1 Å². The number of ether oxygens (including phenoxy) is 2. The molecule has 1 unspecified atom stereocenters. The predicted octanol–water partition coefficient (Wildman–Crippen LogP) is 2.75. The number of halogens is 1. The lowest BCUT2D eigenvalue weighted by Gasteiger charge is -2.20. The summed E-state index contributed by atoms with van der Waals surface area (Å²) in [5, 5.41) is 6.48. The molecule has 0 spiro atoms. The molecule has 0 aliphatic heterocycles. The van der Waals surface area contributed by atoms with Crippen LogP contribution >= 0.6 is 0 Å². The maximum atomic E-state index is 13.8. The number of carbonyl (C=O) groups excluding carboxylic acids is 2. The molecule has 2 N–H and O–H groups in total. The highest BCUT2D eigenvalue weighted by molar-refractivity contribution is 5.98. The zero-order valence-electron chi connectivity index (χ0n) is 17.5. The number of benzene rings is 2. The second-order valence-electron chi connectivity index (χ2n) is 6.81. The van der Waals surface area contributed by atoms with Crippen LogP contribution in [0.5, 0.6) is 11.5 Å². The van der Waals surface area contributed by atoms with Gasteiger partial charge in [-0.2, -0.15) is 5.10 Å². The van der Waals surface area contributed by atoms with E-state index in [9.17, 15) is 14.0 Å². The van der Waals surface area contributed by atoms with Gasteiger partial charge in [-0.25, -0.2) is 9.82 Å². The Kier molecular flexibility index (Phi) is 8.58. The summed E-state index contributed by atoms with van der Waals surface area (Å²) in [4.78, 5) is 24.9. The first-order chi connectivity index (χ1) is 14.9. The lowest BCUT2D eigenvalue weighted by atomic mass is 10.0. The van der Waals surface area contributed by atoms with Gasteiger partial charge in [-0.3, -0.25) is 9.59 Å². The third-order valence-electron chi connectivity index (χ3n) is 4.24. The molecule has 0 bridgehead atoms. The summed E-state index contributed by atoms with van der Waals surface area (Å²) in [6.07, 6.45) is 6.60. The third kappa shape index (κ3) is 6.57. The second kappa shape index (κ2) is 11.4. The minimum absolute atomic E-state index is 0.106. The molecule has 0 radical (unpaired) electrons. The SMILES string of the molecule is C#CCOc1ccc(C=NNC(=O)C(NC(=O)c2ccccc2F)C(C)C)cc1OC. The monoisotopic (exact) mass is 425 g/mol. The molecule has 2 rings (SSSR count). The van der Waals surface area contributed by atoms with Gasteiger partial charge < -0.3 is 14.8 Å². The summed E-state index contributed by atoms with van der Waals surface area (Å²) in [5.41, 5.74) is 2.90. The van der Waals surface area contributed by atoms with Gasteiger partial charge >= 0.3 is 0 Å². The maximum Gasteiger partial charge on any atom is 0.262 e. The number of rotatable bonds is 9. The van der Waals surface area contributed by atoms with Crippen LogP contribution in [0.2, 0.25) is 0 Å². The highest BCUT2D eigenvalue weighted by atomic mass is 19.1. The summed E-state index contributed by atoms with van der Waals surface area (Å²) in [7, 11) is 1.49. The van der Waals surface area contributed by atoms with E-state index >= 15 is 0 Å². The Balaban J connectivity index is 2.04. The molecule has 2 amide bonds. The summed E-state index contributed by atoms with van der Waals surface area (Å²) >= 11 is 0. The van der Waals surface area contributed by atoms with Crippen molar-refractivity contribution in [1.29, 1.82) is 0 Å². The fourth-order valence-corrected chi connectivity index (χ4v) is 2.64. The van der Waals surface area contributed by atoms with E-state index in [0.717, 1.165) is 0 Å². The number of nitrogens with one attached hydrogen (secondary N) is 2. The van der Waals surface area contributed by atoms with E-state index < -0.39 is 23.7 Å². The van der Waals surface area contributed by atoms with Crippen molar-refractivity contribution < 1.29 is 23.5 Å². The molecule has 162 valence electrons. The molecule has 0 fully saturated rings. The molecule has 31 heavy (non-hydrogen) atoms. The van der Waals surface area contributed by atoms with Crippen molar-refractivity contribution in [3.8, 4) is 23.8 Å². The molecule has 0 aliphatic rings. The first-order valence-corrected chi connectivity index (χ1v) is 9.50. The van der Waals surface area contributed by atoms with Crippen molar-refractivity contribution >= 4 is 18.0 Å². The van der Waals surface area contributed by atoms with E-state index in [1.165, 1.54) is 31.5 Å². The van der Waals surface area contributed by atoms with E-state index in [1.807, 2.05) is 0 Å². The highest BCUT2D eigenvalue weighted by Gasteiger charge is 2.25. The fourth-order valence-electron chi connectivity index (χ4n) is 2.64. The van der Waals surface area contributed by atoms with Gasteiger partial charge in [0.1, 0.15) is 18.5 Å². The Hall–Kier alpha value is -3.86. The molecular weight excluding hydrogens is 401 g/mol. The summed E-state index contributed by atoms with van der Waals surface area (Å²) in [5.74, 6) is 1.20. The van der Waals surface area contributed by atoms with Gasteiger partial charge in [-0.05, 0) is 41.8 Å². The maximum absolute atomic E-state index is 13.8. The minimum atomic E-state index is -0.904. The van der Waals surface area contributed by atoms with E-state index in [0.29, 0.717) is 17.1 Å². The molecule has 2 aromatic carbocycles. The standard InChI is InChI=1S/C23H24FN3O4/c1-5-12-31-19-11-10-16(13-20(19)30-4)14-25-27-23(29)21(15(2)3)26-22(28)17-8-6-7-9-18(17)24/h1,6-11,13-15,21H,12H2,2-4H3,(H,26,28)(H,27,29). The van der Waals surface area contributed by atoms with Gasteiger partial charge in [0.25, 0.3) is 11.8 Å². The van der Waals surface area contributed by atoms with Crippen LogP contribution < -0.4 is 20.2 Å². The molecule has 7 nitrogen and oxygen atoms in total. The number of amides is 2. The second-order valence-corrected chi connectivity index (χ2v) is 6.81. The number of nitrogens with zero attached hydrogens (tertiary/aromatic N) is 1. The van der Waals surface area contributed by atoms with E-state index in [4.69, 9.17) is 15.9 Å². The largest absolute Gasteiger partial charge is 0.493 e. The Bertz CT molecular complexity index is 999. The van der Waals surface area contributed by atoms with Crippen LogP contribution in [0.25, 0.3) is 0 Å². The molecule has 0 aromatic heterocycles. The average Bonchev–Trinajstić information content (AvgIpc) is 2.76. The number of carbonyl (C=O) groups is 2. The first kappa shape index (κ1) is 23.4. The summed E-state index contributed by atoms with van der Waals surface area (Å²) < 4.78 is 24.5. The van der Waals surface area contributed by atoms with E-state index in [-0.39, 0.29) is 18.1 Å². The molecule has 0 saturated heterocycles. The van der Waals surface area contributed by atoms with Gasteiger partial charge in [0.2, 0.25) is 0 Å². The van der Waals surface area contributed by atoms with Crippen molar-refractivity contribution in [3.05, 3.63) is 59.4 Å². The lowest BCUT2D eigenvalue weighted by molar-refractivity contribution is -0.123. The topological polar surface area (TPSA) is 89.0 Å². The zero-order valence-corrected chi connectivity index (χ0v) is 17.5. The highest BCUT2D eigenvalue weighted by Crippen LogP contribution is 2.27. The van der Waals surface area contributed by atoms with Crippen molar-refractivity contribution in [2.75, 3.05) is 13.7 Å². The summed E-state index contributed by atoms with van der Waals surface area (Å²) in [6.45, 7) is 3.62. The summed E-state index contributed by atoms with van der Waals surface area (Å²) in [6, 6.07) is 9.71. The van der Waals surface area contributed by atoms with Gasteiger partial charge in [0, 0.05) is 0 Å². The van der Waals surface area contributed by atoms with Crippen molar-refractivity contribution in [1.82, 2.24) is 10.7 Å². The smallest absolute Gasteiger partial charge is 0.262 e. The van der Waals surface area contributed by atoms with Crippen molar-refractivity contribution in [2.45, 2.75) is 19.9 Å². The Labute approximate surface area is 180 Å². The lowest BCUT2D eigenvalue weighted by Crippen LogP contribution is -2.48. The van der Waals surface area contributed by atoms with Gasteiger partial charge in [-0.15, -0.1) is 6.42 Å². The first-order valence-electron chi connectivity index (χ1n) is 9.50.